The standard InChI is InChI=1S/C15H14ClNO4/c1-9(2)21-15(18)11(8-17)5-10-6-12(16)14-13(7-10)19-3-4-20-14/h5-7,9H,3-4H2,1-2H3/b11-5-. The Hall–Kier alpha value is -2.19. The van der Waals surface area contributed by atoms with E-state index in [1.54, 1.807) is 26.0 Å². The van der Waals surface area contributed by atoms with Gasteiger partial charge >= 0.3 is 5.97 Å². The molecule has 110 valence electrons. The molecule has 0 atom stereocenters. The molecular weight excluding hydrogens is 294 g/mol. The lowest BCUT2D eigenvalue weighted by Gasteiger charge is -2.19. The van der Waals surface area contributed by atoms with E-state index >= 15 is 0 Å². The first-order chi connectivity index (χ1) is 10.0. The predicted molar refractivity (Wildman–Crippen MR) is 77.3 cm³/mol. The van der Waals surface area contributed by atoms with Crippen LogP contribution in [0.2, 0.25) is 5.02 Å². The first-order valence-corrected chi connectivity index (χ1v) is 6.81. The number of carbonyl (C=O) groups excluding carboxylic acids is 1. The van der Waals surface area contributed by atoms with Crippen LogP contribution in [0.4, 0.5) is 0 Å². The molecule has 1 heterocycles. The number of esters is 1. The van der Waals surface area contributed by atoms with E-state index in [2.05, 4.69) is 0 Å². The second-order valence-electron chi connectivity index (χ2n) is 4.65. The van der Waals surface area contributed by atoms with E-state index in [1.165, 1.54) is 6.08 Å². The highest BCUT2D eigenvalue weighted by Crippen LogP contribution is 2.38. The molecule has 1 aromatic rings. The molecule has 0 saturated heterocycles. The van der Waals surface area contributed by atoms with Crippen molar-refractivity contribution in [1.82, 2.24) is 0 Å². The Bertz CT molecular complexity index is 631. The molecule has 0 fully saturated rings. The van der Waals surface area contributed by atoms with E-state index in [9.17, 15) is 4.79 Å². The highest BCUT2D eigenvalue weighted by atomic mass is 35.5. The summed E-state index contributed by atoms with van der Waals surface area (Å²) in [5.41, 5.74) is 0.470. The minimum absolute atomic E-state index is 0.101. The number of fused-ring (bicyclic) bond motifs is 1. The summed E-state index contributed by atoms with van der Waals surface area (Å²) < 4.78 is 15.9. The highest BCUT2D eigenvalue weighted by Gasteiger charge is 2.18. The molecule has 0 saturated carbocycles. The largest absolute Gasteiger partial charge is 0.486 e. The molecule has 0 radical (unpaired) electrons. The highest BCUT2D eigenvalue weighted by molar-refractivity contribution is 6.32. The van der Waals surface area contributed by atoms with E-state index in [0.29, 0.717) is 35.3 Å². The molecular formula is C15H14ClNO4. The summed E-state index contributed by atoms with van der Waals surface area (Å²) in [7, 11) is 0. The lowest BCUT2D eigenvalue weighted by Crippen LogP contribution is -2.15. The minimum Gasteiger partial charge on any atom is -0.486 e. The van der Waals surface area contributed by atoms with Gasteiger partial charge in [-0.2, -0.15) is 5.26 Å². The fourth-order valence-electron chi connectivity index (χ4n) is 1.80. The van der Waals surface area contributed by atoms with Crippen LogP contribution in [0, 0.1) is 11.3 Å². The number of nitrogens with zero attached hydrogens (tertiary/aromatic N) is 1. The van der Waals surface area contributed by atoms with Crippen LogP contribution in [0.25, 0.3) is 6.08 Å². The number of halogens is 1. The smallest absolute Gasteiger partial charge is 0.349 e. The molecule has 1 aromatic carbocycles. The van der Waals surface area contributed by atoms with E-state index in [1.807, 2.05) is 6.07 Å². The average Bonchev–Trinajstić information content (AvgIpc) is 2.44. The fraction of sp³-hybridized carbons (Fsp3) is 0.333. The van der Waals surface area contributed by atoms with E-state index in [4.69, 9.17) is 31.1 Å². The minimum atomic E-state index is -0.668. The maximum atomic E-state index is 11.8. The van der Waals surface area contributed by atoms with Crippen molar-refractivity contribution in [3.8, 4) is 17.6 Å². The van der Waals surface area contributed by atoms with E-state index in [0.717, 1.165) is 0 Å². The Morgan fingerprint density at radius 1 is 1.43 bits per heavy atom. The Morgan fingerprint density at radius 3 is 2.81 bits per heavy atom. The maximum absolute atomic E-state index is 11.8. The van der Waals surface area contributed by atoms with Gasteiger partial charge in [0, 0.05) is 0 Å². The molecule has 0 bridgehead atoms. The van der Waals surface area contributed by atoms with Gasteiger partial charge in [0.1, 0.15) is 24.9 Å². The SMILES string of the molecule is CC(C)OC(=O)/C(C#N)=C\c1cc(Cl)c2c(c1)OCCO2. The van der Waals surface area contributed by atoms with Gasteiger partial charge in [0.15, 0.2) is 11.5 Å². The van der Waals surface area contributed by atoms with Crippen molar-refractivity contribution in [3.05, 3.63) is 28.3 Å². The summed E-state index contributed by atoms with van der Waals surface area (Å²) in [5, 5.41) is 9.44. The van der Waals surface area contributed by atoms with Crippen LogP contribution in [-0.4, -0.2) is 25.3 Å². The zero-order valence-corrected chi connectivity index (χ0v) is 12.4. The number of benzene rings is 1. The molecule has 21 heavy (non-hydrogen) atoms. The molecule has 0 unspecified atom stereocenters. The normalized spacial score (nSPS) is 13.8. The van der Waals surface area contributed by atoms with Gasteiger partial charge < -0.3 is 14.2 Å². The Labute approximate surface area is 127 Å². The molecule has 0 spiro atoms. The Morgan fingerprint density at radius 2 is 2.14 bits per heavy atom. The summed E-state index contributed by atoms with van der Waals surface area (Å²) >= 11 is 6.10. The van der Waals surface area contributed by atoms with Crippen LogP contribution in [-0.2, 0) is 9.53 Å². The van der Waals surface area contributed by atoms with E-state index in [-0.39, 0.29) is 11.7 Å². The summed E-state index contributed by atoms with van der Waals surface area (Å²) in [6, 6.07) is 5.10. The number of carbonyl (C=O) groups is 1. The molecule has 2 rings (SSSR count). The second-order valence-corrected chi connectivity index (χ2v) is 5.06. The van der Waals surface area contributed by atoms with Crippen molar-refractivity contribution >= 4 is 23.6 Å². The van der Waals surface area contributed by atoms with Gasteiger partial charge in [-0.15, -0.1) is 0 Å². The van der Waals surface area contributed by atoms with Crippen LogP contribution in [0.3, 0.4) is 0 Å². The number of rotatable bonds is 3. The summed E-state index contributed by atoms with van der Waals surface area (Å²) in [6.45, 7) is 4.30. The zero-order valence-electron chi connectivity index (χ0n) is 11.7. The first-order valence-electron chi connectivity index (χ1n) is 6.43. The van der Waals surface area contributed by atoms with Crippen LogP contribution in [0.5, 0.6) is 11.5 Å². The number of ether oxygens (including phenoxy) is 3. The van der Waals surface area contributed by atoms with Gasteiger partial charge in [0.25, 0.3) is 0 Å². The van der Waals surface area contributed by atoms with Crippen LogP contribution >= 0.6 is 11.6 Å². The molecule has 1 aliphatic heterocycles. The third-order valence-electron chi connectivity index (χ3n) is 2.61. The third kappa shape index (κ3) is 3.67. The molecule has 5 nitrogen and oxygen atoms in total. The van der Waals surface area contributed by atoms with Gasteiger partial charge in [0.2, 0.25) is 0 Å². The summed E-state index contributed by atoms with van der Waals surface area (Å²) in [4.78, 5) is 11.8. The quantitative estimate of drug-likeness (QED) is 0.488. The third-order valence-corrected chi connectivity index (χ3v) is 2.89. The van der Waals surface area contributed by atoms with Crippen molar-refractivity contribution in [2.75, 3.05) is 13.2 Å². The van der Waals surface area contributed by atoms with Crippen LogP contribution in [0.15, 0.2) is 17.7 Å². The summed E-state index contributed by atoms with van der Waals surface area (Å²) in [6.07, 6.45) is 1.12. The topological polar surface area (TPSA) is 68.6 Å². The van der Waals surface area contributed by atoms with Crippen molar-refractivity contribution < 1.29 is 19.0 Å². The van der Waals surface area contributed by atoms with Gasteiger partial charge in [-0.1, -0.05) is 11.6 Å². The van der Waals surface area contributed by atoms with Gasteiger partial charge in [0.05, 0.1) is 11.1 Å². The fourth-order valence-corrected chi connectivity index (χ4v) is 2.07. The zero-order chi connectivity index (χ0) is 15.4. The molecule has 0 amide bonds. The van der Waals surface area contributed by atoms with Gasteiger partial charge in [-0.3, -0.25) is 0 Å². The number of nitriles is 1. The van der Waals surface area contributed by atoms with Gasteiger partial charge in [-0.25, -0.2) is 4.79 Å². The molecule has 0 N–H and O–H groups in total. The monoisotopic (exact) mass is 307 g/mol. The predicted octanol–water partition coefficient (Wildman–Crippen LogP) is 2.97. The molecule has 0 aromatic heterocycles. The second kappa shape index (κ2) is 6.51. The lowest BCUT2D eigenvalue weighted by molar-refractivity contribution is -0.142. The van der Waals surface area contributed by atoms with Crippen LogP contribution in [0.1, 0.15) is 19.4 Å². The average molecular weight is 308 g/mol. The molecule has 6 heteroatoms. The number of hydrogen-bond donors (Lipinski definition) is 0. The van der Waals surface area contributed by atoms with E-state index < -0.39 is 5.97 Å². The Balaban J connectivity index is 2.33. The Kier molecular flexibility index (Phi) is 4.71. The van der Waals surface area contributed by atoms with Crippen molar-refractivity contribution in [2.24, 2.45) is 0 Å². The maximum Gasteiger partial charge on any atom is 0.349 e. The van der Waals surface area contributed by atoms with Gasteiger partial charge in [-0.05, 0) is 37.6 Å². The lowest BCUT2D eigenvalue weighted by atomic mass is 10.1. The summed E-state index contributed by atoms with van der Waals surface area (Å²) in [5.74, 6) is 0.302. The number of hydrogen-bond acceptors (Lipinski definition) is 5. The van der Waals surface area contributed by atoms with Crippen molar-refractivity contribution in [2.45, 2.75) is 20.0 Å². The molecule has 0 aliphatic carbocycles. The van der Waals surface area contributed by atoms with Crippen molar-refractivity contribution in [1.29, 1.82) is 5.26 Å². The van der Waals surface area contributed by atoms with Crippen LogP contribution < -0.4 is 9.47 Å². The first kappa shape index (κ1) is 15.2. The van der Waals surface area contributed by atoms with Crippen molar-refractivity contribution in [3.63, 3.8) is 0 Å². The molecule has 1 aliphatic rings.